The third kappa shape index (κ3) is 4.89. The van der Waals surface area contributed by atoms with Gasteiger partial charge in [0.2, 0.25) is 5.91 Å². The van der Waals surface area contributed by atoms with Gasteiger partial charge in [-0.2, -0.15) is 0 Å². The number of hydrogen-bond acceptors (Lipinski definition) is 3. The predicted molar refractivity (Wildman–Crippen MR) is 63.8 cm³/mol. The highest BCUT2D eigenvalue weighted by molar-refractivity contribution is 5.76. The van der Waals surface area contributed by atoms with E-state index in [2.05, 4.69) is 15.6 Å². The first-order valence-electron chi connectivity index (χ1n) is 5.61. The van der Waals surface area contributed by atoms with Crippen molar-refractivity contribution in [2.75, 3.05) is 6.54 Å². The van der Waals surface area contributed by atoms with Crippen molar-refractivity contribution in [2.45, 2.75) is 32.9 Å². The summed E-state index contributed by atoms with van der Waals surface area (Å²) in [6.45, 7) is 5.47. The molecule has 0 fully saturated rings. The molecule has 1 atom stereocenters. The Kier molecular flexibility index (Phi) is 5.50. The molecule has 0 aliphatic rings. The van der Waals surface area contributed by atoms with E-state index in [9.17, 15) is 4.79 Å². The molecule has 0 aromatic carbocycles. The molecule has 2 N–H and O–H groups in total. The van der Waals surface area contributed by atoms with Crippen LogP contribution in [0.3, 0.4) is 0 Å². The topological polar surface area (TPSA) is 54.0 Å². The van der Waals surface area contributed by atoms with Gasteiger partial charge in [-0.05, 0) is 25.1 Å². The Morgan fingerprint density at radius 1 is 1.56 bits per heavy atom. The smallest absolute Gasteiger partial charge is 0.221 e. The summed E-state index contributed by atoms with van der Waals surface area (Å²) in [5.74, 6) is 0.0669. The Bertz CT molecular complexity index is 313. The standard InChI is InChI=1S/C12H19N3O/c1-3-14-10(2)7-12(16)15-9-11-5-4-6-13-8-11/h4-6,8,10,14H,3,7,9H2,1-2H3,(H,15,16). The van der Waals surface area contributed by atoms with Gasteiger partial charge in [0.05, 0.1) is 0 Å². The Labute approximate surface area is 96.5 Å². The van der Waals surface area contributed by atoms with Crippen molar-refractivity contribution >= 4 is 5.91 Å². The molecule has 1 aromatic heterocycles. The maximum Gasteiger partial charge on any atom is 0.221 e. The summed E-state index contributed by atoms with van der Waals surface area (Å²) >= 11 is 0. The van der Waals surface area contributed by atoms with Crippen LogP contribution in [0.25, 0.3) is 0 Å². The van der Waals surface area contributed by atoms with Crippen molar-refractivity contribution in [1.82, 2.24) is 15.6 Å². The van der Waals surface area contributed by atoms with E-state index >= 15 is 0 Å². The van der Waals surface area contributed by atoms with Crippen LogP contribution in [0.5, 0.6) is 0 Å². The fraction of sp³-hybridized carbons (Fsp3) is 0.500. The van der Waals surface area contributed by atoms with Gasteiger partial charge in [-0.1, -0.05) is 13.0 Å². The molecule has 0 saturated heterocycles. The first-order valence-corrected chi connectivity index (χ1v) is 5.61. The minimum Gasteiger partial charge on any atom is -0.352 e. The zero-order valence-electron chi connectivity index (χ0n) is 9.86. The number of rotatable bonds is 6. The lowest BCUT2D eigenvalue weighted by Crippen LogP contribution is -2.33. The Morgan fingerprint density at radius 2 is 2.38 bits per heavy atom. The number of carbonyl (C=O) groups is 1. The van der Waals surface area contributed by atoms with Gasteiger partial charge in [0.25, 0.3) is 0 Å². The highest BCUT2D eigenvalue weighted by Crippen LogP contribution is 1.96. The minimum absolute atomic E-state index is 0.0669. The van der Waals surface area contributed by atoms with E-state index in [0.717, 1.165) is 12.1 Å². The molecule has 0 aliphatic carbocycles. The number of carbonyl (C=O) groups excluding carboxylic acids is 1. The van der Waals surface area contributed by atoms with Gasteiger partial charge in [0.1, 0.15) is 0 Å². The van der Waals surface area contributed by atoms with E-state index < -0.39 is 0 Å². The van der Waals surface area contributed by atoms with E-state index in [1.807, 2.05) is 26.0 Å². The molecule has 0 spiro atoms. The van der Waals surface area contributed by atoms with Crippen molar-refractivity contribution < 1.29 is 4.79 Å². The number of amides is 1. The van der Waals surface area contributed by atoms with Crippen LogP contribution in [0.4, 0.5) is 0 Å². The van der Waals surface area contributed by atoms with Gasteiger partial charge >= 0.3 is 0 Å². The van der Waals surface area contributed by atoms with Crippen LogP contribution in [0.1, 0.15) is 25.8 Å². The molecule has 4 heteroatoms. The molecule has 1 rings (SSSR count). The fourth-order valence-electron chi connectivity index (χ4n) is 1.47. The number of pyridine rings is 1. The van der Waals surface area contributed by atoms with E-state index in [4.69, 9.17) is 0 Å². The largest absolute Gasteiger partial charge is 0.352 e. The first kappa shape index (κ1) is 12.6. The molecular weight excluding hydrogens is 202 g/mol. The first-order chi connectivity index (χ1) is 7.72. The molecule has 0 aliphatic heterocycles. The van der Waals surface area contributed by atoms with Gasteiger partial charge in [-0.25, -0.2) is 0 Å². The Hall–Kier alpha value is -1.42. The van der Waals surface area contributed by atoms with Crippen LogP contribution in [0.2, 0.25) is 0 Å². The Balaban J connectivity index is 2.25. The van der Waals surface area contributed by atoms with Gasteiger partial charge in [-0.3, -0.25) is 9.78 Å². The summed E-state index contributed by atoms with van der Waals surface area (Å²) in [5, 5.41) is 6.07. The molecule has 0 bridgehead atoms. The second-order valence-corrected chi connectivity index (χ2v) is 3.80. The molecule has 1 aromatic rings. The molecule has 1 amide bonds. The van der Waals surface area contributed by atoms with Crippen LogP contribution >= 0.6 is 0 Å². The number of nitrogens with zero attached hydrogens (tertiary/aromatic N) is 1. The summed E-state index contributed by atoms with van der Waals surface area (Å²) in [6, 6.07) is 4.03. The quantitative estimate of drug-likeness (QED) is 0.756. The zero-order valence-corrected chi connectivity index (χ0v) is 9.86. The molecule has 4 nitrogen and oxygen atoms in total. The molecule has 1 unspecified atom stereocenters. The average molecular weight is 221 g/mol. The molecular formula is C12H19N3O. The molecule has 0 saturated carbocycles. The maximum atomic E-state index is 11.5. The predicted octanol–water partition coefficient (Wildman–Crippen LogP) is 1.09. The van der Waals surface area contributed by atoms with Crippen molar-refractivity contribution in [3.63, 3.8) is 0 Å². The van der Waals surface area contributed by atoms with Crippen molar-refractivity contribution in [1.29, 1.82) is 0 Å². The lowest BCUT2D eigenvalue weighted by molar-refractivity contribution is -0.121. The van der Waals surface area contributed by atoms with E-state index in [1.54, 1.807) is 12.4 Å². The third-order valence-corrected chi connectivity index (χ3v) is 2.26. The monoisotopic (exact) mass is 221 g/mol. The summed E-state index contributed by atoms with van der Waals surface area (Å²) < 4.78 is 0. The molecule has 0 radical (unpaired) electrons. The van der Waals surface area contributed by atoms with Crippen LogP contribution in [-0.2, 0) is 11.3 Å². The van der Waals surface area contributed by atoms with Gasteiger partial charge in [-0.15, -0.1) is 0 Å². The number of aromatic nitrogens is 1. The normalized spacial score (nSPS) is 12.1. The SMILES string of the molecule is CCNC(C)CC(=O)NCc1cccnc1. The molecule has 88 valence electrons. The second-order valence-electron chi connectivity index (χ2n) is 3.80. The second kappa shape index (κ2) is 6.95. The maximum absolute atomic E-state index is 11.5. The highest BCUT2D eigenvalue weighted by atomic mass is 16.1. The lowest BCUT2D eigenvalue weighted by atomic mass is 10.2. The summed E-state index contributed by atoms with van der Waals surface area (Å²) in [4.78, 5) is 15.5. The van der Waals surface area contributed by atoms with Gasteiger partial charge < -0.3 is 10.6 Å². The third-order valence-electron chi connectivity index (χ3n) is 2.26. The molecule has 16 heavy (non-hydrogen) atoms. The van der Waals surface area contributed by atoms with Gasteiger partial charge in [0, 0.05) is 31.4 Å². The molecule has 1 heterocycles. The van der Waals surface area contributed by atoms with E-state index in [-0.39, 0.29) is 11.9 Å². The van der Waals surface area contributed by atoms with E-state index in [1.165, 1.54) is 0 Å². The average Bonchev–Trinajstić information content (AvgIpc) is 2.28. The van der Waals surface area contributed by atoms with Crippen LogP contribution in [0, 0.1) is 0 Å². The number of nitrogens with one attached hydrogen (secondary N) is 2. The zero-order chi connectivity index (χ0) is 11.8. The van der Waals surface area contributed by atoms with Crippen LogP contribution in [0.15, 0.2) is 24.5 Å². The van der Waals surface area contributed by atoms with E-state index in [0.29, 0.717) is 13.0 Å². The Morgan fingerprint density at radius 3 is 3.00 bits per heavy atom. The van der Waals surface area contributed by atoms with Crippen LogP contribution in [-0.4, -0.2) is 23.5 Å². The van der Waals surface area contributed by atoms with Crippen molar-refractivity contribution in [3.8, 4) is 0 Å². The summed E-state index contributed by atoms with van der Waals surface area (Å²) in [6.07, 6.45) is 3.99. The summed E-state index contributed by atoms with van der Waals surface area (Å²) in [7, 11) is 0. The van der Waals surface area contributed by atoms with Crippen molar-refractivity contribution in [3.05, 3.63) is 30.1 Å². The lowest BCUT2D eigenvalue weighted by Gasteiger charge is -2.11. The van der Waals surface area contributed by atoms with Gasteiger partial charge in [0.15, 0.2) is 0 Å². The minimum atomic E-state index is 0.0669. The van der Waals surface area contributed by atoms with Crippen LogP contribution < -0.4 is 10.6 Å². The fourth-order valence-corrected chi connectivity index (χ4v) is 1.47. The van der Waals surface area contributed by atoms with Crippen molar-refractivity contribution in [2.24, 2.45) is 0 Å². The number of hydrogen-bond donors (Lipinski definition) is 2. The highest BCUT2D eigenvalue weighted by Gasteiger charge is 2.06. The summed E-state index contributed by atoms with van der Waals surface area (Å²) in [5.41, 5.74) is 1.02.